The van der Waals surface area contributed by atoms with Gasteiger partial charge >= 0.3 is 0 Å². The molecule has 0 unspecified atom stereocenters. The van der Waals surface area contributed by atoms with Crippen molar-refractivity contribution in [1.29, 1.82) is 0 Å². The number of imidazole rings is 1. The fourth-order valence-electron chi connectivity index (χ4n) is 1.46. The Morgan fingerprint density at radius 3 is 2.94 bits per heavy atom. The summed E-state index contributed by atoms with van der Waals surface area (Å²) in [6.45, 7) is 0.391. The molecule has 0 aliphatic carbocycles. The second-order valence-corrected chi connectivity index (χ2v) is 4.08. The van der Waals surface area contributed by atoms with E-state index in [1.54, 1.807) is 7.11 Å². The highest BCUT2D eigenvalue weighted by atomic mass is 79.9. The highest BCUT2D eigenvalue weighted by molar-refractivity contribution is 9.10. The van der Waals surface area contributed by atoms with Gasteiger partial charge in [-0.1, -0.05) is 12.1 Å². The number of rotatable bonds is 3. The van der Waals surface area contributed by atoms with Crippen LogP contribution in [0.1, 0.15) is 5.82 Å². The Balaban J connectivity index is 2.45. The van der Waals surface area contributed by atoms with E-state index in [1.165, 1.54) is 0 Å². The van der Waals surface area contributed by atoms with Crippen molar-refractivity contribution in [3.8, 4) is 17.0 Å². The van der Waals surface area contributed by atoms with E-state index in [-0.39, 0.29) is 0 Å². The number of ether oxygens (including phenoxy) is 1. The number of halogens is 1. The first-order valence-electron chi connectivity index (χ1n) is 4.83. The fourth-order valence-corrected chi connectivity index (χ4v) is 2.00. The van der Waals surface area contributed by atoms with Gasteiger partial charge in [-0.05, 0) is 28.1 Å². The zero-order valence-electron chi connectivity index (χ0n) is 8.83. The number of nitrogens with one attached hydrogen (secondary N) is 1. The van der Waals surface area contributed by atoms with Gasteiger partial charge < -0.3 is 15.5 Å². The van der Waals surface area contributed by atoms with Gasteiger partial charge in [-0.3, -0.25) is 0 Å². The van der Waals surface area contributed by atoms with Gasteiger partial charge in [0.1, 0.15) is 21.9 Å². The minimum atomic E-state index is 0.391. The molecule has 0 fully saturated rings. The molecule has 3 N–H and O–H groups in total. The summed E-state index contributed by atoms with van der Waals surface area (Å²) in [4.78, 5) is 7.46. The molecule has 0 radical (unpaired) electrons. The predicted octanol–water partition coefficient (Wildman–Crippen LogP) is 2.31. The lowest BCUT2D eigenvalue weighted by Crippen LogP contribution is -1.97. The monoisotopic (exact) mass is 281 g/mol. The van der Waals surface area contributed by atoms with Crippen molar-refractivity contribution >= 4 is 15.9 Å². The van der Waals surface area contributed by atoms with Gasteiger partial charge in [0.15, 0.2) is 0 Å². The lowest BCUT2D eigenvalue weighted by atomic mass is 10.1. The molecule has 1 heterocycles. The molecule has 1 aromatic heterocycles. The predicted molar refractivity (Wildman–Crippen MR) is 66.2 cm³/mol. The van der Waals surface area contributed by atoms with Crippen LogP contribution < -0.4 is 10.5 Å². The number of aromatic amines is 1. The Labute approximate surface area is 102 Å². The van der Waals surface area contributed by atoms with Gasteiger partial charge in [0.2, 0.25) is 0 Å². The number of aromatic nitrogens is 2. The standard InChI is InChI=1S/C11H12BrN3O/c1-16-8-4-2-3-7(5-8)10-11(12)15-9(6-13)14-10/h2-5H,6,13H2,1H3,(H,14,15). The van der Waals surface area contributed by atoms with E-state index < -0.39 is 0 Å². The lowest BCUT2D eigenvalue weighted by molar-refractivity contribution is 0.415. The molecule has 0 saturated carbocycles. The third-order valence-electron chi connectivity index (χ3n) is 2.25. The van der Waals surface area contributed by atoms with Crippen molar-refractivity contribution in [2.24, 2.45) is 5.73 Å². The Hall–Kier alpha value is -1.33. The number of hydrogen-bond acceptors (Lipinski definition) is 3. The largest absolute Gasteiger partial charge is 0.497 e. The summed E-state index contributed by atoms with van der Waals surface area (Å²) in [5.41, 5.74) is 7.36. The van der Waals surface area contributed by atoms with E-state index in [2.05, 4.69) is 25.9 Å². The van der Waals surface area contributed by atoms with Crippen LogP contribution in [0.4, 0.5) is 0 Å². The Bertz CT molecular complexity index is 496. The summed E-state index contributed by atoms with van der Waals surface area (Å²) < 4.78 is 6.01. The zero-order chi connectivity index (χ0) is 11.5. The van der Waals surface area contributed by atoms with Crippen LogP contribution in [0, 0.1) is 0 Å². The number of methoxy groups -OCH3 is 1. The van der Waals surface area contributed by atoms with E-state index in [9.17, 15) is 0 Å². The van der Waals surface area contributed by atoms with Crippen molar-refractivity contribution in [1.82, 2.24) is 9.97 Å². The minimum absolute atomic E-state index is 0.391. The van der Waals surface area contributed by atoms with Gasteiger partial charge in [0, 0.05) is 5.56 Å². The van der Waals surface area contributed by atoms with Gasteiger partial charge in [0.05, 0.1) is 13.7 Å². The Morgan fingerprint density at radius 2 is 2.31 bits per heavy atom. The summed E-state index contributed by atoms with van der Waals surface area (Å²) in [6.07, 6.45) is 0. The van der Waals surface area contributed by atoms with E-state index >= 15 is 0 Å². The van der Waals surface area contributed by atoms with Crippen LogP contribution in [-0.4, -0.2) is 17.1 Å². The van der Waals surface area contributed by atoms with Crippen LogP contribution in [0.25, 0.3) is 11.3 Å². The molecule has 0 atom stereocenters. The average molecular weight is 282 g/mol. The summed E-state index contributed by atoms with van der Waals surface area (Å²) in [7, 11) is 1.64. The van der Waals surface area contributed by atoms with Gasteiger partial charge in [-0.2, -0.15) is 0 Å². The van der Waals surface area contributed by atoms with Crippen molar-refractivity contribution in [2.45, 2.75) is 6.54 Å². The highest BCUT2D eigenvalue weighted by Gasteiger charge is 2.09. The zero-order valence-corrected chi connectivity index (χ0v) is 10.4. The maximum absolute atomic E-state index is 5.53. The summed E-state index contributed by atoms with van der Waals surface area (Å²) >= 11 is 3.43. The van der Waals surface area contributed by atoms with Crippen molar-refractivity contribution in [3.63, 3.8) is 0 Å². The van der Waals surface area contributed by atoms with E-state index in [0.29, 0.717) is 6.54 Å². The summed E-state index contributed by atoms with van der Waals surface area (Å²) in [6, 6.07) is 7.73. The highest BCUT2D eigenvalue weighted by Crippen LogP contribution is 2.28. The molecule has 0 bridgehead atoms. The topological polar surface area (TPSA) is 63.9 Å². The number of nitrogens with two attached hydrogens (primary N) is 1. The molecule has 0 saturated heterocycles. The van der Waals surface area contributed by atoms with Crippen molar-refractivity contribution in [2.75, 3.05) is 7.11 Å². The van der Waals surface area contributed by atoms with E-state index in [0.717, 1.165) is 27.4 Å². The molecule has 2 rings (SSSR count). The van der Waals surface area contributed by atoms with E-state index in [1.807, 2.05) is 24.3 Å². The van der Waals surface area contributed by atoms with Crippen LogP contribution in [0.15, 0.2) is 28.9 Å². The molecule has 1 aromatic carbocycles. The lowest BCUT2D eigenvalue weighted by Gasteiger charge is -2.02. The molecular weight excluding hydrogens is 270 g/mol. The SMILES string of the molecule is COc1cccc(-c2nc(CN)[nH]c2Br)c1. The minimum Gasteiger partial charge on any atom is -0.497 e. The van der Waals surface area contributed by atoms with Crippen LogP contribution in [0.2, 0.25) is 0 Å². The molecule has 84 valence electrons. The van der Waals surface area contributed by atoms with Gasteiger partial charge in [-0.25, -0.2) is 4.98 Å². The first kappa shape index (κ1) is 11.2. The molecule has 0 amide bonds. The molecular formula is C11H12BrN3O. The maximum atomic E-state index is 5.53. The van der Waals surface area contributed by atoms with Crippen molar-refractivity contribution < 1.29 is 4.74 Å². The van der Waals surface area contributed by atoms with Crippen LogP contribution in [-0.2, 0) is 6.54 Å². The number of hydrogen-bond donors (Lipinski definition) is 2. The third kappa shape index (κ3) is 2.10. The third-order valence-corrected chi connectivity index (χ3v) is 2.82. The van der Waals surface area contributed by atoms with Crippen LogP contribution in [0.3, 0.4) is 0 Å². The van der Waals surface area contributed by atoms with Crippen LogP contribution >= 0.6 is 15.9 Å². The fraction of sp³-hybridized carbons (Fsp3) is 0.182. The number of H-pyrrole nitrogens is 1. The quantitative estimate of drug-likeness (QED) is 0.908. The molecule has 0 aliphatic rings. The van der Waals surface area contributed by atoms with E-state index in [4.69, 9.17) is 10.5 Å². The number of benzene rings is 1. The second kappa shape index (κ2) is 4.67. The van der Waals surface area contributed by atoms with Crippen LogP contribution in [0.5, 0.6) is 5.75 Å². The van der Waals surface area contributed by atoms with Gasteiger partial charge in [-0.15, -0.1) is 0 Å². The molecule has 5 heteroatoms. The number of nitrogens with zero attached hydrogens (tertiary/aromatic N) is 1. The maximum Gasteiger partial charge on any atom is 0.121 e. The van der Waals surface area contributed by atoms with Crippen molar-refractivity contribution in [3.05, 3.63) is 34.7 Å². The molecule has 0 spiro atoms. The first-order chi connectivity index (χ1) is 7.74. The molecule has 0 aliphatic heterocycles. The Morgan fingerprint density at radius 1 is 1.50 bits per heavy atom. The smallest absolute Gasteiger partial charge is 0.121 e. The normalized spacial score (nSPS) is 10.4. The molecule has 16 heavy (non-hydrogen) atoms. The second-order valence-electron chi connectivity index (χ2n) is 3.28. The summed E-state index contributed by atoms with van der Waals surface area (Å²) in [5.74, 6) is 1.56. The summed E-state index contributed by atoms with van der Waals surface area (Å²) in [5, 5.41) is 0. The average Bonchev–Trinajstić information content (AvgIpc) is 2.71. The van der Waals surface area contributed by atoms with Gasteiger partial charge in [0.25, 0.3) is 0 Å². The first-order valence-corrected chi connectivity index (χ1v) is 5.62. The molecule has 4 nitrogen and oxygen atoms in total. The molecule has 2 aromatic rings. The Kier molecular flexibility index (Phi) is 3.26.